The van der Waals surface area contributed by atoms with Gasteiger partial charge in [0.05, 0.1) is 12.7 Å². The van der Waals surface area contributed by atoms with Crippen LogP contribution < -0.4 is 0 Å². The Hall–Kier alpha value is -2.10. The van der Waals surface area contributed by atoms with E-state index >= 15 is 0 Å². The van der Waals surface area contributed by atoms with Crippen LogP contribution in [0, 0.1) is 5.82 Å². The number of rotatable bonds is 2. The summed E-state index contributed by atoms with van der Waals surface area (Å²) in [6.45, 7) is 0.679. The Kier molecular flexibility index (Phi) is 1.99. The van der Waals surface area contributed by atoms with E-state index in [2.05, 4.69) is 5.16 Å². The van der Waals surface area contributed by atoms with Crippen LogP contribution in [0.25, 0.3) is 10.9 Å². The first-order chi connectivity index (χ1) is 7.83. The first-order valence-corrected chi connectivity index (χ1v) is 4.95. The lowest BCUT2D eigenvalue weighted by atomic mass is 10.2. The number of hydrogen-bond acceptors (Lipinski definition) is 2. The fraction of sp³-hybridized carbons (Fsp3) is 0.0833. The van der Waals surface area contributed by atoms with Gasteiger partial charge in [-0.15, -0.1) is 0 Å². The Bertz CT molecular complexity index is 613. The van der Waals surface area contributed by atoms with Gasteiger partial charge >= 0.3 is 0 Å². The quantitative estimate of drug-likeness (QED) is 0.659. The lowest BCUT2D eigenvalue weighted by molar-refractivity contribution is 0.418. The second kappa shape index (κ2) is 3.48. The lowest BCUT2D eigenvalue weighted by Crippen LogP contribution is -1.96. The summed E-state index contributed by atoms with van der Waals surface area (Å²) < 4.78 is 19.8. The summed E-state index contributed by atoms with van der Waals surface area (Å²) in [6, 6.07) is 6.66. The molecule has 3 aromatic rings. The Morgan fingerprint density at radius 2 is 2.25 bits per heavy atom. The van der Waals surface area contributed by atoms with Crippen molar-refractivity contribution in [1.82, 2.24) is 9.72 Å². The molecule has 0 N–H and O–H groups in total. The molecule has 0 radical (unpaired) electrons. The maximum absolute atomic E-state index is 13.0. The van der Waals surface area contributed by atoms with Crippen LogP contribution in [0.4, 0.5) is 4.39 Å². The first kappa shape index (κ1) is 9.15. The second-order valence-corrected chi connectivity index (χ2v) is 3.68. The van der Waals surface area contributed by atoms with Crippen molar-refractivity contribution in [3.63, 3.8) is 0 Å². The van der Waals surface area contributed by atoms with Crippen molar-refractivity contribution in [3.8, 4) is 0 Å². The molecule has 0 spiro atoms. The van der Waals surface area contributed by atoms with Gasteiger partial charge in [0.1, 0.15) is 12.1 Å². The molecule has 0 atom stereocenters. The van der Waals surface area contributed by atoms with Crippen LogP contribution >= 0.6 is 0 Å². The van der Waals surface area contributed by atoms with Crippen LogP contribution in [0.15, 0.2) is 47.4 Å². The molecular weight excluding hydrogens is 207 g/mol. The molecule has 1 aromatic carbocycles. The van der Waals surface area contributed by atoms with Crippen molar-refractivity contribution >= 4 is 10.9 Å². The molecule has 16 heavy (non-hydrogen) atoms. The Morgan fingerprint density at radius 1 is 1.31 bits per heavy atom. The SMILES string of the molecule is Fc1ccc2c(ccn2Cc2cnoc2)c1. The predicted octanol–water partition coefficient (Wildman–Crippen LogP) is 2.82. The Labute approximate surface area is 91.1 Å². The Balaban J connectivity index is 2.04. The largest absolute Gasteiger partial charge is 0.364 e. The minimum Gasteiger partial charge on any atom is -0.364 e. The van der Waals surface area contributed by atoms with Gasteiger partial charge in [-0.05, 0) is 24.3 Å². The van der Waals surface area contributed by atoms with Crippen molar-refractivity contribution < 1.29 is 8.91 Å². The van der Waals surface area contributed by atoms with Gasteiger partial charge in [0.15, 0.2) is 0 Å². The monoisotopic (exact) mass is 216 g/mol. The van der Waals surface area contributed by atoms with E-state index in [4.69, 9.17) is 4.52 Å². The van der Waals surface area contributed by atoms with Gasteiger partial charge in [-0.1, -0.05) is 5.16 Å². The van der Waals surface area contributed by atoms with Crippen LogP contribution in [0.1, 0.15) is 5.56 Å². The molecular formula is C12H9FN2O. The molecule has 3 nitrogen and oxygen atoms in total. The zero-order valence-electron chi connectivity index (χ0n) is 8.43. The van der Waals surface area contributed by atoms with Crippen LogP contribution in [0.2, 0.25) is 0 Å². The average molecular weight is 216 g/mol. The molecule has 0 fully saturated rings. The van der Waals surface area contributed by atoms with Gasteiger partial charge in [0.2, 0.25) is 0 Å². The molecule has 3 rings (SSSR count). The molecule has 4 heteroatoms. The lowest BCUT2D eigenvalue weighted by Gasteiger charge is -2.02. The van der Waals surface area contributed by atoms with Crippen molar-refractivity contribution in [2.24, 2.45) is 0 Å². The normalized spacial score (nSPS) is 11.1. The molecule has 0 bridgehead atoms. The van der Waals surface area contributed by atoms with Gasteiger partial charge < -0.3 is 9.09 Å². The molecule has 0 unspecified atom stereocenters. The average Bonchev–Trinajstić information content (AvgIpc) is 2.89. The fourth-order valence-electron chi connectivity index (χ4n) is 1.81. The topological polar surface area (TPSA) is 31.0 Å². The summed E-state index contributed by atoms with van der Waals surface area (Å²) in [5.74, 6) is -0.213. The fourth-order valence-corrected chi connectivity index (χ4v) is 1.81. The number of halogens is 1. The van der Waals surface area contributed by atoms with E-state index in [-0.39, 0.29) is 5.82 Å². The van der Waals surface area contributed by atoms with Gasteiger partial charge in [0, 0.05) is 22.7 Å². The maximum atomic E-state index is 13.0. The number of fused-ring (bicyclic) bond motifs is 1. The standard InChI is InChI=1S/C12H9FN2O/c13-11-1-2-12-10(5-11)3-4-15(12)7-9-6-14-16-8-9/h1-6,8H,7H2. The zero-order valence-corrected chi connectivity index (χ0v) is 8.43. The van der Waals surface area contributed by atoms with E-state index in [0.717, 1.165) is 16.5 Å². The molecule has 0 amide bonds. The van der Waals surface area contributed by atoms with Crippen molar-refractivity contribution in [2.45, 2.75) is 6.54 Å². The number of benzene rings is 1. The third-order valence-electron chi connectivity index (χ3n) is 2.57. The van der Waals surface area contributed by atoms with Gasteiger partial charge in [-0.25, -0.2) is 4.39 Å². The molecule has 0 aliphatic heterocycles. The van der Waals surface area contributed by atoms with E-state index < -0.39 is 0 Å². The van der Waals surface area contributed by atoms with Crippen molar-refractivity contribution in [2.75, 3.05) is 0 Å². The summed E-state index contributed by atoms with van der Waals surface area (Å²) in [5.41, 5.74) is 1.99. The van der Waals surface area contributed by atoms with Gasteiger partial charge in [0.25, 0.3) is 0 Å². The van der Waals surface area contributed by atoms with E-state index in [1.807, 2.05) is 16.8 Å². The van der Waals surface area contributed by atoms with Gasteiger partial charge in [-0.3, -0.25) is 0 Å². The van der Waals surface area contributed by atoms with Gasteiger partial charge in [-0.2, -0.15) is 0 Å². The van der Waals surface area contributed by atoms with E-state index in [1.165, 1.54) is 12.1 Å². The number of hydrogen-bond donors (Lipinski definition) is 0. The van der Waals surface area contributed by atoms with Crippen LogP contribution in [-0.2, 0) is 6.54 Å². The van der Waals surface area contributed by atoms with E-state index in [9.17, 15) is 4.39 Å². The maximum Gasteiger partial charge on any atom is 0.128 e. The summed E-state index contributed by atoms with van der Waals surface area (Å²) in [4.78, 5) is 0. The highest BCUT2D eigenvalue weighted by Gasteiger charge is 2.03. The minimum atomic E-state index is -0.213. The molecule has 0 aliphatic carbocycles. The molecule has 0 saturated heterocycles. The highest BCUT2D eigenvalue weighted by Crippen LogP contribution is 2.18. The van der Waals surface area contributed by atoms with E-state index in [0.29, 0.717) is 6.54 Å². The highest BCUT2D eigenvalue weighted by atomic mass is 19.1. The molecule has 0 saturated carbocycles. The van der Waals surface area contributed by atoms with Crippen molar-refractivity contribution in [3.05, 3.63) is 54.3 Å². The molecule has 80 valence electrons. The highest BCUT2D eigenvalue weighted by molar-refractivity contribution is 5.80. The Morgan fingerprint density at radius 3 is 3.06 bits per heavy atom. The summed E-state index contributed by atoms with van der Waals surface area (Å²) in [6.07, 6.45) is 5.21. The van der Waals surface area contributed by atoms with Crippen LogP contribution in [0.3, 0.4) is 0 Å². The molecule has 2 heterocycles. The van der Waals surface area contributed by atoms with Crippen LogP contribution in [0.5, 0.6) is 0 Å². The summed E-state index contributed by atoms with van der Waals surface area (Å²) >= 11 is 0. The minimum absolute atomic E-state index is 0.213. The third kappa shape index (κ3) is 1.48. The summed E-state index contributed by atoms with van der Waals surface area (Å²) in [5, 5.41) is 4.55. The number of aromatic nitrogens is 2. The molecule has 2 aromatic heterocycles. The van der Waals surface area contributed by atoms with E-state index in [1.54, 1.807) is 18.5 Å². The van der Waals surface area contributed by atoms with Crippen LogP contribution in [-0.4, -0.2) is 9.72 Å². The van der Waals surface area contributed by atoms with Crippen molar-refractivity contribution in [1.29, 1.82) is 0 Å². The summed E-state index contributed by atoms with van der Waals surface area (Å²) in [7, 11) is 0. The predicted molar refractivity (Wildman–Crippen MR) is 57.5 cm³/mol. The number of nitrogens with zero attached hydrogens (tertiary/aromatic N) is 2. The zero-order chi connectivity index (χ0) is 11.0. The third-order valence-corrected chi connectivity index (χ3v) is 2.57. The second-order valence-electron chi connectivity index (χ2n) is 3.68. The smallest absolute Gasteiger partial charge is 0.128 e. The molecule has 0 aliphatic rings. The first-order valence-electron chi connectivity index (χ1n) is 4.95.